The molecule has 0 radical (unpaired) electrons. The van der Waals surface area contributed by atoms with Crippen molar-refractivity contribution in [3.05, 3.63) is 59.2 Å². The normalized spacial score (nSPS) is 15.1. The predicted molar refractivity (Wildman–Crippen MR) is 120 cm³/mol. The van der Waals surface area contributed by atoms with Gasteiger partial charge in [-0.2, -0.15) is 18.4 Å². The van der Waals surface area contributed by atoms with E-state index in [1.165, 1.54) is 0 Å². The zero-order valence-electron chi connectivity index (χ0n) is 19.0. The zero-order valence-corrected chi connectivity index (χ0v) is 19.0. The second kappa shape index (κ2) is 11.0. The molecule has 1 aliphatic heterocycles. The number of carbonyl (C=O) groups excluding carboxylic acids is 1. The highest BCUT2D eigenvalue weighted by Gasteiger charge is 2.30. The van der Waals surface area contributed by atoms with Crippen molar-refractivity contribution in [1.29, 1.82) is 5.26 Å². The topological polar surface area (TPSA) is 111 Å². The van der Waals surface area contributed by atoms with Gasteiger partial charge in [-0.1, -0.05) is 30.3 Å². The molecule has 10 heteroatoms. The number of hydrogen-bond donors (Lipinski definition) is 3. The number of fused-ring (bicyclic) bond motifs is 1. The number of para-hydroxylation sites is 1. The van der Waals surface area contributed by atoms with Gasteiger partial charge in [0.15, 0.2) is 11.9 Å². The summed E-state index contributed by atoms with van der Waals surface area (Å²) in [6.45, 7) is 4.44. The summed E-state index contributed by atoms with van der Waals surface area (Å²) in [6.07, 6.45) is -4.05. The molecule has 182 valence electrons. The van der Waals surface area contributed by atoms with E-state index in [2.05, 4.69) is 16.7 Å². The van der Waals surface area contributed by atoms with Gasteiger partial charge in [-0.05, 0) is 50.1 Å². The Hall–Kier alpha value is -3.58. The van der Waals surface area contributed by atoms with E-state index < -0.39 is 23.7 Å². The molecule has 1 heterocycles. The van der Waals surface area contributed by atoms with Crippen molar-refractivity contribution in [2.24, 2.45) is 0 Å². The number of hydrogen-bond acceptors (Lipinski definition) is 5. The van der Waals surface area contributed by atoms with Crippen molar-refractivity contribution in [3.8, 4) is 11.8 Å². The van der Waals surface area contributed by atoms with Crippen LogP contribution < -0.4 is 15.4 Å². The van der Waals surface area contributed by atoms with Crippen molar-refractivity contribution in [1.82, 2.24) is 5.32 Å². The van der Waals surface area contributed by atoms with Crippen molar-refractivity contribution >= 4 is 17.6 Å². The number of carboxylic acid groups (broad SMARTS) is 1. The van der Waals surface area contributed by atoms with Crippen LogP contribution in [0.5, 0.6) is 5.75 Å². The minimum Gasteiger partial charge on any atom is -0.481 e. The monoisotopic (exact) mass is 477 g/mol. The molecule has 2 aromatic rings. The van der Waals surface area contributed by atoms with E-state index in [0.717, 1.165) is 11.1 Å². The molecule has 3 N–H and O–H groups in total. The van der Waals surface area contributed by atoms with E-state index >= 15 is 0 Å². The molecule has 1 unspecified atom stereocenters. The molecule has 0 saturated heterocycles. The molecular formula is C24H26F3N3O4. The maximum atomic E-state index is 12.2. The van der Waals surface area contributed by atoms with E-state index in [-0.39, 0.29) is 12.8 Å². The van der Waals surface area contributed by atoms with Gasteiger partial charge in [0.05, 0.1) is 16.7 Å². The molecule has 0 spiro atoms. The Bertz CT molecular complexity index is 1070. The third-order valence-corrected chi connectivity index (χ3v) is 5.05. The fraction of sp³-hybridized carbons (Fsp3) is 0.375. The largest absolute Gasteiger partial charge is 0.481 e. The Morgan fingerprint density at radius 1 is 1.21 bits per heavy atom. The van der Waals surface area contributed by atoms with Crippen LogP contribution in [-0.4, -0.2) is 42.4 Å². The molecule has 0 bridgehead atoms. The molecule has 34 heavy (non-hydrogen) atoms. The SMILES string of the molecule is CC(C)(C(=O)O)c1cccc(CCNCC2Oc3c(C#N)cccc3NC2=O)c1.CC(F)(F)F. The highest BCUT2D eigenvalue weighted by molar-refractivity contribution is 5.98. The number of amides is 1. The molecular weight excluding hydrogens is 451 g/mol. The van der Waals surface area contributed by atoms with Crippen LogP contribution in [0.2, 0.25) is 0 Å². The average Bonchev–Trinajstić information content (AvgIpc) is 2.75. The first-order valence-corrected chi connectivity index (χ1v) is 10.4. The summed E-state index contributed by atoms with van der Waals surface area (Å²) in [7, 11) is 0. The van der Waals surface area contributed by atoms with Crippen LogP contribution in [0.4, 0.5) is 18.9 Å². The summed E-state index contributed by atoms with van der Waals surface area (Å²) < 4.78 is 36.8. The van der Waals surface area contributed by atoms with Gasteiger partial charge in [0, 0.05) is 13.5 Å². The second-order valence-electron chi connectivity index (χ2n) is 8.26. The van der Waals surface area contributed by atoms with Gasteiger partial charge in [0.25, 0.3) is 5.91 Å². The second-order valence-corrected chi connectivity index (χ2v) is 8.26. The van der Waals surface area contributed by atoms with E-state index in [4.69, 9.17) is 4.74 Å². The van der Waals surface area contributed by atoms with Crippen molar-refractivity contribution in [3.63, 3.8) is 0 Å². The first-order valence-electron chi connectivity index (χ1n) is 10.4. The number of rotatable bonds is 7. The van der Waals surface area contributed by atoms with Gasteiger partial charge >= 0.3 is 12.1 Å². The highest BCUT2D eigenvalue weighted by Crippen LogP contribution is 2.32. The summed E-state index contributed by atoms with van der Waals surface area (Å²) in [5, 5.41) is 24.6. The van der Waals surface area contributed by atoms with Gasteiger partial charge in [-0.25, -0.2) is 0 Å². The molecule has 1 amide bonds. The van der Waals surface area contributed by atoms with Crippen molar-refractivity contribution in [2.45, 2.75) is 44.9 Å². The molecule has 2 aromatic carbocycles. The lowest BCUT2D eigenvalue weighted by Crippen LogP contribution is -2.44. The number of nitrogens with zero attached hydrogens (tertiary/aromatic N) is 1. The van der Waals surface area contributed by atoms with Gasteiger partial charge in [0.1, 0.15) is 6.07 Å². The summed E-state index contributed by atoms with van der Waals surface area (Å²) >= 11 is 0. The number of ether oxygens (including phenoxy) is 1. The number of anilines is 1. The highest BCUT2D eigenvalue weighted by atomic mass is 19.4. The van der Waals surface area contributed by atoms with Gasteiger partial charge in [-0.3, -0.25) is 9.59 Å². The quantitative estimate of drug-likeness (QED) is 0.520. The molecule has 7 nitrogen and oxygen atoms in total. The lowest BCUT2D eigenvalue weighted by molar-refractivity contribution is -0.142. The molecule has 0 saturated carbocycles. The smallest absolute Gasteiger partial charge is 0.386 e. The van der Waals surface area contributed by atoms with E-state index in [1.54, 1.807) is 32.0 Å². The number of alkyl halides is 3. The van der Waals surface area contributed by atoms with Crippen molar-refractivity contribution in [2.75, 3.05) is 18.4 Å². The van der Waals surface area contributed by atoms with Gasteiger partial charge in [0.2, 0.25) is 0 Å². The summed E-state index contributed by atoms with van der Waals surface area (Å²) in [4.78, 5) is 23.7. The van der Waals surface area contributed by atoms with Crippen LogP contribution in [0.3, 0.4) is 0 Å². The standard InChI is InChI=1S/C22H23N3O4.C2H3F3/c1-22(2,21(27)28)16-7-3-5-14(11-16)9-10-24-13-18-20(26)25-17-8-4-6-15(12-23)19(17)29-18;1-2(3,4)5/h3-8,11,18,24H,9-10,13H2,1-2H3,(H,25,26)(H,27,28);1H3. The summed E-state index contributed by atoms with van der Waals surface area (Å²) in [6, 6.07) is 14.6. The third kappa shape index (κ3) is 7.49. The molecule has 0 fully saturated rings. The molecule has 0 aliphatic carbocycles. The van der Waals surface area contributed by atoms with Gasteiger partial charge in [-0.15, -0.1) is 0 Å². The number of nitriles is 1. The minimum atomic E-state index is -4.00. The molecule has 1 aliphatic rings. The Morgan fingerprint density at radius 2 is 1.85 bits per heavy atom. The Kier molecular flexibility index (Phi) is 8.65. The molecule has 0 aromatic heterocycles. The molecule has 1 atom stereocenters. The predicted octanol–water partition coefficient (Wildman–Crippen LogP) is 4.02. The van der Waals surface area contributed by atoms with Crippen LogP contribution >= 0.6 is 0 Å². The van der Waals surface area contributed by atoms with E-state index in [1.807, 2.05) is 24.3 Å². The van der Waals surface area contributed by atoms with Crippen LogP contribution in [0.25, 0.3) is 0 Å². The summed E-state index contributed by atoms with van der Waals surface area (Å²) in [5.41, 5.74) is 1.69. The lowest BCUT2D eigenvalue weighted by Gasteiger charge is -2.26. The lowest BCUT2D eigenvalue weighted by atomic mass is 9.84. The van der Waals surface area contributed by atoms with Crippen LogP contribution in [0.1, 0.15) is 37.5 Å². The first kappa shape index (κ1) is 26.7. The van der Waals surface area contributed by atoms with Crippen LogP contribution in [0, 0.1) is 11.3 Å². The Morgan fingerprint density at radius 3 is 2.47 bits per heavy atom. The number of halogens is 3. The number of nitrogens with one attached hydrogen (secondary N) is 2. The fourth-order valence-corrected chi connectivity index (χ4v) is 3.10. The van der Waals surface area contributed by atoms with Crippen LogP contribution in [0.15, 0.2) is 42.5 Å². The van der Waals surface area contributed by atoms with Crippen molar-refractivity contribution < 1.29 is 32.6 Å². The maximum absolute atomic E-state index is 12.2. The third-order valence-electron chi connectivity index (χ3n) is 5.05. The maximum Gasteiger partial charge on any atom is 0.386 e. The fourth-order valence-electron chi connectivity index (χ4n) is 3.10. The minimum absolute atomic E-state index is 0.188. The average molecular weight is 477 g/mol. The number of carboxylic acids is 1. The number of aliphatic carboxylic acids is 1. The van der Waals surface area contributed by atoms with Gasteiger partial charge < -0.3 is 20.5 Å². The zero-order chi connectivity index (χ0) is 25.5. The van der Waals surface area contributed by atoms with E-state index in [9.17, 15) is 33.1 Å². The number of carbonyl (C=O) groups is 2. The summed E-state index contributed by atoms with van der Waals surface area (Å²) in [5.74, 6) is -0.736. The van der Waals surface area contributed by atoms with E-state index in [0.29, 0.717) is 36.5 Å². The van der Waals surface area contributed by atoms with Crippen LogP contribution in [-0.2, 0) is 21.4 Å². The Labute approximate surface area is 195 Å². The Balaban J connectivity index is 0.000000739. The number of benzene rings is 2. The molecule has 3 rings (SSSR count). The first-order chi connectivity index (χ1) is 15.8.